The molecule has 0 aliphatic carbocycles. The summed E-state index contributed by atoms with van der Waals surface area (Å²) in [5, 5.41) is 7.78. The molecule has 14 aromatic rings. The first-order valence-electron chi connectivity index (χ1n) is 33.3. The molecule has 18 rings (SSSR count). The van der Waals surface area contributed by atoms with E-state index in [1.54, 1.807) is 0 Å². The molecule has 0 bridgehead atoms. The summed E-state index contributed by atoms with van der Waals surface area (Å²) in [6, 6.07) is 93.1. The van der Waals surface area contributed by atoms with Crippen LogP contribution in [0.3, 0.4) is 0 Å². The van der Waals surface area contributed by atoms with Crippen molar-refractivity contribution in [3.05, 3.63) is 265 Å². The maximum Gasteiger partial charge on any atom is 0.252 e. The molecule has 0 N–H and O–H groups in total. The maximum atomic E-state index is 7.43. The minimum absolute atomic E-state index is 0.125. The Bertz CT molecular complexity index is 4940. The summed E-state index contributed by atoms with van der Waals surface area (Å²) in [7, 11) is 0. The van der Waals surface area contributed by atoms with Gasteiger partial charge in [-0.15, -0.1) is 0 Å². The molecule has 0 atom stereocenters. The zero-order chi connectivity index (χ0) is 61.9. The lowest BCUT2D eigenvalue weighted by Crippen LogP contribution is -2.58. The number of benzene rings is 14. The molecular formula is C88H68B2O2. The molecule has 92 heavy (non-hydrogen) atoms. The Kier molecular flexibility index (Phi) is 12.3. The molecule has 0 radical (unpaired) electrons. The fraction of sp³-hybridized carbons (Fsp3) is 0.136. The summed E-state index contributed by atoms with van der Waals surface area (Å²) in [4.78, 5) is 0. The molecule has 4 heteroatoms. The van der Waals surface area contributed by atoms with Crippen LogP contribution in [0.5, 0.6) is 23.0 Å². The second kappa shape index (κ2) is 20.7. The van der Waals surface area contributed by atoms with E-state index in [2.05, 4.69) is 298 Å². The van der Waals surface area contributed by atoms with Gasteiger partial charge in [0.15, 0.2) is 0 Å². The van der Waals surface area contributed by atoms with Crippen LogP contribution in [-0.2, 0) is 0 Å². The van der Waals surface area contributed by atoms with Crippen LogP contribution >= 0.6 is 0 Å². The second-order valence-electron chi connectivity index (χ2n) is 27.6. The van der Waals surface area contributed by atoms with Crippen molar-refractivity contribution in [1.82, 2.24) is 0 Å². The normalized spacial score (nSPS) is 13.1. The van der Waals surface area contributed by atoms with Gasteiger partial charge in [0.25, 0.3) is 13.4 Å². The summed E-state index contributed by atoms with van der Waals surface area (Å²) < 4.78 is 14.9. The van der Waals surface area contributed by atoms with E-state index < -0.39 is 0 Å². The Hall–Kier alpha value is -10.2. The number of hydrogen-bond donors (Lipinski definition) is 0. The predicted molar refractivity (Wildman–Crippen MR) is 392 cm³/mol. The van der Waals surface area contributed by atoms with Gasteiger partial charge in [0, 0.05) is 0 Å². The van der Waals surface area contributed by atoms with E-state index in [1.165, 1.54) is 176 Å². The molecule has 4 aliphatic rings. The van der Waals surface area contributed by atoms with Crippen molar-refractivity contribution in [2.45, 2.75) is 79.1 Å². The fourth-order valence-corrected chi connectivity index (χ4v) is 16.5. The van der Waals surface area contributed by atoms with Crippen molar-refractivity contribution >= 4 is 78.5 Å². The van der Waals surface area contributed by atoms with Crippen molar-refractivity contribution in [2.75, 3.05) is 0 Å². The molecule has 0 fully saturated rings. The van der Waals surface area contributed by atoms with Gasteiger partial charge in [-0.3, -0.25) is 0 Å². The molecule has 14 aromatic carbocycles. The highest BCUT2D eigenvalue weighted by atomic mass is 16.5. The minimum Gasteiger partial charge on any atom is -0.458 e. The van der Waals surface area contributed by atoms with Crippen LogP contribution in [0.15, 0.2) is 243 Å². The molecule has 0 saturated heterocycles. The van der Waals surface area contributed by atoms with Gasteiger partial charge >= 0.3 is 0 Å². The number of fused-ring (bicyclic) bond motifs is 8. The summed E-state index contributed by atoms with van der Waals surface area (Å²) in [6.45, 7) is 18.2. The van der Waals surface area contributed by atoms with Crippen LogP contribution in [0.2, 0.25) is 0 Å². The Morgan fingerprint density at radius 3 is 0.891 bits per heavy atom. The van der Waals surface area contributed by atoms with Crippen molar-refractivity contribution < 1.29 is 9.47 Å². The molecule has 4 heterocycles. The van der Waals surface area contributed by atoms with Gasteiger partial charge in [0.05, 0.1) is 0 Å². The van der Waals surface area contributed by atoms with Crippen LogP contribution in [0, 0.1) is 0 Å². The average Bonchev–Trinajstić information content (AvgIpc) is 0.672. The monoisotopic (exact) mass is 1180 g/mol. The van der Waals surface area contributed by atoms with Gasteiger partial charge < -0.3 is 9.47 Å². The van der Waals surface area contributed by atoms with Crippen molar-refractivity contribution in [1.29, 1.82) is 0 Å². The molecule has 0 aromatic heterocycles. The van der Waals surface area contributed by atoms with Gasteiger partial charge in [-0.05, 0) is 226 Å². The topological polar surface area (TPSA) is 18.5 Å². The molecule has 0 spiro atoms. The van der Waals surface area contributed by atoms with Crippen molar-refractivity contribution in [2.24, 2.45) is 0 Å². The van der Waals surface area contributed by atoms with Gasteiger partial charge in [-0.25, -0.2) is 0 Å². The molecule has 0 unspecified atom stereocenters. The molecule has 0 amide bonds. The Labute approximate surface area is 540 Å². The average molecular weight is 1180 g/mol. The van der Waals surface area contributed by atoms with Crippen LogP contribution in [0.25, 0.3) is 121 Å². The maximum absolute atomic E-state index is 7.43. The minimum atomic E-state index is -0.125. The second-order valence-corrected chi connectivity index (χ2v) is 27.6. The number of ether oxygens (including phenoxy) is 2. The van der Waals surface area contributed by atoms with E-state index >= 15 is 0 Å². The number of rotatable bonds is 10. The summed E-state index contributed by atoms with van der Waals surface area (Å²) in [5.41, 5.74) is 32.0. The first-order chi connectivity index (χ1) is 44.9. The SMILES string of the molecule is CC(C)c1ccc2c(c1)Oc1cc(C(C)C)cc3c1B2c1cc2c(-c4c(-c5ccccc5)cccc4-c4ccccc4)cc4c5c(cc6c(-c7c(-c8ccccc8)cccc7-c7ccccc7)cc-3c1c6c25)B1c2ccc(C(C)C)cc2Oc2cc(C(C)C)cc-4c21. The first-order valence-corrected chi connectivity index (χ1v) is 33.3. The lowest BCUT2D eigenvalue weighted by atomic mass is 9.31. The smallest absolute Gasteiger partial charge is 0.252 e. The Morgan fingerprint density at radius 1 is 0.239 bits per heavy atom. The van der Waals surface area contributed by atoms with E-state index in [1.807, 2.05) is 0 Å². The van der Waals surface area contributed by atoms with Gasteiger partial charge in [0.2, 0.25) is 0 Å². The highest BCUT2D eigenvalue weighted by molar-refractivity contribution is 7.01. The fourth-order valence-electron chi connectivity index (χ4n) is 16.5. The van der Waals surface area contributed by atoms with Gasteiger partial charge in [-0.2, -0.15) is 0 Å². The predicted octanol–water partition coefficient (Wildman–Crippen LogP) is 20.3. The lowest BCUT2D eigenvalue weighted by molar-refractivity contribution is 0.485. The van der Waals surface area contributed by atoms with E-state index in [9.17, 15) is 0 Å². The molecule has 2 nitrogen and oxygen atoms in total. The van der Waals surface area contributed by atoms with Crippen LogP contribution in [0.1, 0.15) is 101 Å². The lowest BCUT2D eigenvalue weighted by Gasteiger charge is -2.38. The molecule has 0 saturated carbocycles. The zero-order valence-corrected chi connectivity index (χ0v) is 53.4. The largest absolute Gasteiger partial charge is 0.458 e. The van der Waals surface area contributed by atoms with Gasteiger partial charge in [0.1, 0.15) is 23.0 Å². The quantitative estimate of drug-likeness (QED) is 0.100. The van der Waals surface area contributed by atoms with E-state index in [-0.39, 0.29) is 25.3 Å². The summed E-state index contributed by atoms with van der Waals surface area (Å²) in [6.07, 6.45) is 0. The summed E-state index contributed by atoms with van der Waals surface area (Å²) in [5.74, 6) is 4.97. The summed E-state index contributed by atoms with van der Waals surface area (Å²) >= 11 is 0. The molecule has 4 aliphatic heterocycles. The van der Waals surface area contributed by atoms with E-state index in [4.69, 9.17) is 9.47 Å². The van der Waals surface area contributed by atoms with Crippen LogP contribution in [-0.4, -0.2) is 13.4 Å². The molecular weight excluding hydrogens is 1110 g/mol. The third-order valence-corrected chi connectivity index (χ3v) is 21.1. The third-order valence-electron chi connectivity index (χ3n) is 21.1. The van der Waals surface area contributed by atoms with Crippen molar-refractivity contribution in [3.8, 4) is 112 Å². The van der Waals surface area contributed by atoms with Crippen LogP contribution < -0.4 is 42.3 Å². The van der Waals surface area contributed by atoms with E-state index in [0.29, 0.717) is 11.8 Å². The van der Waals surface area contributed by atoms with Gasteiger partial charge in [-0.1, -0.05) is 273 Å². The Balaban J connectivity index is 1.11. The van der Waals surface area contributed by atoms with Crippen LogP contribution in [0.4, 0.5) is 0 Å². The highest BCUT2D eigenvalue weighted by Gasteiger charge is 2.45. The first kappa shape index (κ1) is 54.8. The third kappa shape index (κ3) is 8.08. The van der Waals surface area contributed by atoms with E-state index in [0.717, 1.165) is 23.0 Å². The van der Waals surface area contributed by atoms with Crippen molar-refractivity contribution in [3.63, 3.8) is 0 Å². The molecule has 438 valence electrons. The zero-order valence-electron chi connectivity index (χ0n) is 53.4. The number of hydrogen-bond acceptors (Lipinski definition) is 2. The Morgan fingerprint density at radius 2 is 0.565 bits per heavy atom. The standard InChI is InChI=1S/C88H68B2O2/c1-49(2)57-35-37-73-77(41-57)91-79-43-59(51(5)6)39-71-67-45-66(82-63(55-27-17-11-18-28-55)33-22-34-64(82)56-29-19-12-20-30-56)70-48-76-84-68(72-40-60(52(7)8)44-80-88(72)90(76)74-38-36-58(50(3)4)42-78(74)92-80)46-65(69-47-75(89(73)87(71)79)83(67)85(70)86(69)84)81-61(53-23-13-9-14-24-53)31-21-32-62(81)54-25-15-10-16-26-54/h9-52H,1-8H3. The highest BCUT2D eigenvalue weighted by Crippen LogP contribution is 2.55.